The Hall–Kier alpha value is 0.0500. The molecule has 0 spiro atoms. The van der Waals surface area contributed by atoms with Crippen LogP contribution in [0.15, 0.2) is 14.7 Å². The van der Waals surface area contributed by atoms with Gasteiger partial charge in [0, 0.05) is 18.0 Å². The van der Waals surface area contributed by atoms with E-state index in [1.807, 2.05) is 0 Å². The zero-order valence-electron chi connectivity index (χ0n) is 9.23. The molecule has 0 radical (unpaired) electrons. The minimum Gasteiger partial charge on any atom is -0.391 e. The molecule has 1 saturated heterocycles. The van der Waals surface area contributed by atoms with E-state index in [0.717, 1.165) is 19.3 Å². The van der Waals surface area contributed by atoms with E-state index in [-0.39, 0.29) is 11.5 Å². The van der Waals surface area contributed by atoms with Gasteiger partial charge in [-0.1, -0.05) is 6.42 Å². The average molecular weight is 340 g/mol. The Morgan fingerprint density at radius 3 is 2.53 bits per heavy atom. The van der Waals surface area contributed by atoms with Crippen molar-refractivity contribution >= 4 is 37.3 Å². The van der Waals surface area contributed by atoms with Gasteiger partial charge >= 0.3 is 0 Å². The van der Waals surface area contributed by atoms with Crippen LogP contribution in [-0.4, -0.2) is 30.9 Å². The molecule has 7 heteroatoms. The van der Waals surface area contributed by atoms with Crippen LogP contribution in [0.2, 0.25) is 0 Å². The van der Waals surface area contributed by atoms with Crippen molar-refractivity contribution in [3.05, 3.63) is 14.7 Å². The zero-order valence-corrected chi connectivity index (χ0v) is 12.4. The standard InChI is InChI=1S/C10H14BrNO3S2/c11-10-9(6-8(7-13)16-10)17(14,15)12-4-2-1-3-5-12/h6,13H,1-5,7H2. The van der Waals surface area contributed by atoms with E-state index in [9.17, 15) is 8.42 Å². The Kier molecular flexibility index (Phi) is 4.25. The molecule has 1 aromatic rings. The van der Waals surface area contributed by atoms with Crippen molar-refractivity contribution < 1.29 is 13.5 Å². The monoisotopic (exact) mass is 339 g/mol. The second kappa shape index (κ2) is 5.36. The molecule has 1 aromatic heterocycles. The smallest absolute Gasteiger partial charge is 0.245 e. The summed E-state index contributed by atoms with van der Waals surface area (Å²) >= 11 is 4.53. The van der Waals surface area contributed by atoms with Crippen molar-refractivity contribution in [2.45, 2.75) is 30.8 Å². The van der Waals surface area contributed by atoms with Gasteiger partial charge in [0.1, 0.15) is 4.90 Å². The third-order valence-electron chi connectivity index (χ3n) is 2.80. The Labute approximate surface area is 113 Å². The summed E-state index contributed by atoms with van der Waals surface area (Å²) in [5, 5.41) is 9.03. The van der Waals surface area contributed by atoms with Crippen LogP contribution in [0.5, 0.6) is 0 Å². The van der Waals surface area contributed by atoms with Gasteiger partial charge in [-0.15, -0.1) is 11.3 Å². The molecular formula is C10H14BrNO3S2. The van der Waals surface area contributed by atoms with Gasteiger partial charge in [0.25, 0.3) is 0 Å². The Balaban J connectivity index is 2.33. The van der Waals surface area contributed by atoms with E-state index >= 15 is 0 Å². The SMILES string of the molecule is O=S(=O)(c1cc(CO)sc1Br)N1CCCCC1. The number of sulfonamides is 1. The molecule has 96 valence electrons. The van der Waals surface area contributed by atoms with Crippen molar-refractivity contribution in [3.8, 4) is 0 Å². The Morgan fingerprint density at radius 1 is 1.35 bits per heavy atom. The van der Waals surface area contributed by atoms with Gasteiger partial charge in [-0.2, -0.15) is 4.31 Å². The first-order valence-electron chi connectivity index (χ1n) is 5.45. The highest BCUT2D eigenvalue weighted by Crippen LogP contribution is 2.34. The number of aliphatic hydroxyl groups excluding tert-OH is 1. The molecule has 2 heterocycles. The fourth-order valence-electron chi connectivity index (χ4n) is 1.90. The van der Waals surface area contributed by atoms with Crippen LogP contribution >= 0.6 is 27.3 Å². The Bertz CT molecular complexity index is 492. The van der Waals surface area contributed by atoms with Crippen LogP contribution in [0.1, 0.15) is 24.1 Å². The molecule has 4 nitrogen and oxygen atoms in total. The molecule has 0 saturated carbocycles. The van der Waals surface area contributed by atoms with Crippen molar-refractivity contribution in [1.82, 2.24) is 4.31 Å². The number of nitrogens with zero attached hydrogens (tertiary/aromatic N) is 1. The van der Waals surface area contributed by atoms with Gasteiger partial charge in [-0.3, -0.25) is 0 Å². The highest BCUT2D eigenvalue weighted by atomic mass is 79.9. The molecule has 2 rings (SSSR count). The summed E-state index contributed by atoms with van der Waals surface area (Å²) in [6.45, 7) is 1.07. The summed E-state index contributed by atoms with van der Waals surface area (Å²) in [6.07, 6.45) is 2.94. The second-order valence-corrected chi connectivity index (χ2v) is 8.33. The first-order valence-corrected chi connectivity index (χ1v) is 8.50. The molecule has 0 amide bonds. The van der Waals surface area contributed by atoms with Crippen molar-refractivity contribution in [2.24, 2.45) is 0 Å². The predicted octanol–water partition coefficient (Wildman–Crippen LogP) is 2.18. The zero-order chi connectivity index (χ0) is 12.5. The summed E-state index contributed by atoms with van der Waals surface area (Å²) < 4.78 is 26.8. The normalized spacial score (nSPS) is 18.5. The summed E-state index contributed by atoms with van der Waals surface area (Å²) in [6, 6.07) is 1.55. The number of piperidine rings is 1. The van der Waals surface area contributed by atoms with Gasteiger partial charge in [-0.05, 0) is 34.8 Å². The van der Waals surface area contributed by atoms with E-state index in [1.54, 1.807) is 6.07 Å². The van der Waals surface area contributed by atoms with Gasteiger partial charge in [0.15, 0.2) is 0 Å². The van der Waals surface area contributed by atoms with E-state index in [0.29, 0.717) is 21.8 Å². The fraction of sp³-hybridized carbons (Fsp3) is 0.600. The molecule has 1 aliphatic heterocycles. The Morgan fingerprint density at radius 2 is 2.00 bits per heavy atom. The molecular weight excluding hydrogens is 326 g/mol. The lowest BCUT2D eigenvalue weighted by Crippen LogP contribution is -2.35. The van der Waals surface area contributed by atoms with Gasteiger partial charge < -0.3 is 5.11 Å². The number of halogens is 1. The second-order valence-electron chi connectivity index (χ2n) is 3.97. The summed E-state index contributed by atoms with van der Waals surface area (Å²) in [5.74, 6) is 0. The lowest BCUT2D eigenvalue weighted by Gasteiger charge is -2.25. The summed E-state index contributed by atoms with van der Waals surface area (Å²) in [5.41, 5.74) is 0. The maximum absolute atomic E-state index is 12.4. The predicted molar refractivity (Wildman–Crippen MR) is 70.6 cm³/mol. The first kappa shape index (κ1) is 13.5. The maximum Gasteiger partial charge on any atom is 0.245 e. The van der Waals surface area contributed by atoms with E-state index in [4.69, 9.17) is 5.11 Å². The maximum atomic E-state index is 12.4. The molecule has 1 aliphatic rings. The van der Waals surface area contributed by atoms with Crippen LogP contribution in [0, 0.1) is 0 Å². The first-order chi connectivity index (χ1) is 8.05. The molecule has 0 aliphatic carbocycles. The molecule has 0 unspecified atom stereocenters. The minimum atomic E-state index is -3.40. The van der Waals surface area contributed by atoms with Crippen molar-refractivity contribution in [3.63, 3.8) is 0 Å². The molecule has 0 bridgehead atoms. The molecule has 1 N–H and O–H groups in total. The lowest BCUT2D eigenvalue weighted by molar-refractivity contribution is 0.285. The number of thiophene rings is 1. The molecule has 17 heavy (non-hydrogen) atoms. The van der Waals surface area contributed by atoms with Crippen LogP contribution in [0.3, 0.4) is 0 Å². The summed E-state index contributed by atoms with van der Waals surface area (Å²) in [7, 11) is -3.40. The third kappa shape index (κ3) is 2.73. The third-order valence-corrected chi connectivity index (χ3v) is 6.93. The lowest BCUT2D eigenvalue weighted by atomic mass is 10.2. The minimum absolute atomic E-state index is 0.126. The molecule has 0 atom stereocenters. The van der Waals surface area contributed by atoms with Crippen LogP contribution in [0.4, 0.5) is 0 Å². The largest absolute Gasteiger partial charge is 0.391 e. The van der Waals surface area contributed by atoms with E-state index in [2.05, 4.69) is 15.9 Å². The van der Waals surface area contributed by atoms with Gasteiger partial charge in [0.2, 0.25) is 10.0 Å². The molecule has 1 fully saturated rings. The number of hydrogen-bond acceptors (Lipinski definition) is 4. The van der Waals surface area contributed by atoms with Gasteiger partial charge in [-0.25, -0.2) is 8.42 Å². The van der Waals surface area contributed by atoms with E-state index in [1.165, 1.54) is 15.6 Å². The van der Waals surface area contributed by atoms with Crippen molar-refractivity contribution in [1.29, 1.82) is 0 Å². The highest BCUT2D eigenvalue weighted by molar-refractivity contribution is 9.11. The number of hydrogen-bond donors (Lipinski definition) is 1. The van der Waals surface area contributed by atoms with Crippen LogP contribution in [0.25, 0.3) is 0 Å². The molecule has 0 aromatic carbocycles. The van der Waals surface area contributed by atoms with Crippen molar-refractivity contribution in [2.75, 3.05) is 13.1 Å². The number of rotatable bonds is 3. The van der Waals surface area contributed by atoms with Gasteiger partial charge in [0.05, 0.1) is 10.4 Å². The quantitative estimate of drug-likeness (QED) is 0.918. The number of aliphatic hydroxyl groups is 1. The fourth-order valence-corrected chi connectivity index (χ4v) is 5.91. The van der Waals surface area contributed by atoms with Crippen LogP contribution < -0.4 is 0 Å². The highest BCUT2D eigenvalue weighted by Gasteiger charge is 2.29. The topological polar surface area (TPSA) is 57.6 Å². The van der Waals surface area contributed by atoms with E-state index < -0.39 is 10.0 Å². The average Bonchev–Trinajstić information content (AvgIpc) is 2.72. The summed E-state index contributed by atoms with van der Waals surface area (Å²) in [4.78, 5) is 0.945. The van der Waals surface area contributed by atoms with Crippen LogP contribution in [-0.2, 0) is 16.6 Å².